The second-order valence-electron chi connectivity index (χ2n) is 7.40. The molecule has 0 aliphatic rings. The van der Waals surface area contributed by atoms with Gasteiger partial charge < -0.3 is 23.5 Å². The van der Waals surface area contributed by atoms with Crippen molar-refractivity contribution in [2.75, 3.05) is 26.9 Å². The van der Waals surface area contributed by atoms with Crippen LogP contribution in [-0.4, -0.2) is 37.5 Å². The van der Waals surface area contributed by atoms with E-state index in [2.05, 4.69) is 0 Å². The molecule has 170 valence electrons. The number of para-hydroxylation sites is 1. The summed E-state index contributed by atoms with van der Waals surface area (Å²) in [7, 11) is 1.64. The molecule has 0 spiro atoms. The first kappa shape index (κ1) is 22.3. The molecule has 1 aromatic heterocycles. The number of hydrogen-bond acceptors (Lipinski definition) is 5. The first-order valence-corrected chi connectivity index (χ1v) is 10.9. The molecule has 0 atom stereocenters. The number of benzene rings is 3. The Morgan fingerprint density at radius 3 is 2.18 bits per heavy atom. The average molecular weight is 446 g/mol. The molecular formula is C27H27NO5. The van der Waals surface area contributed by atoms with E-state index < -0.39 is 0 Å². The van der Waals surface area contributed by atoms with Gasteiger partial charge in [-0.05, 0) is 68.4 Å². The molecular weight excluding hydrogens is 418 g/mol. The maximum absolute atomic E-state index is 12.8. The van der Waals surface area contributed by atoms with Gasteiger partial charge in [-0.25, -0.2) is 4.79 Å². The quantitative estimate of drug-likeness (QED) is 0.249. The molecule has 0 bridgehead atoms. The second-order valence-corrected chi connectivity index (χ2v) is 7.40. The molecule has 4 aromatic rings. The van der Waals surface area contributed by atoms with E-state index in [1.54, 1.807) is 14.0 Å². The Hall–Kier alpha value is -3.93. The zero-order valence-electron chi connectivity index (χ0n) is 19.0. The molecule has 1 heterocycles. The average Bonchev–Trinajstić information content (AvgIpc) is 3.13. The van der Waals surface area contributed by atoms with E-state index in [-0.39, 0.29) is 5.97 Å². The number of ether oxygens (including phenoxy) is 4. The topological polar surface area (TPSA) is 58.9 Å². The predicted molar refractivity (Wildman–Crippen MR) is 128 cm³/mol. The van der Waals surface area contributed by atoms with Gasteiger partial charge in [0, 0.05) is 16.8 Å². The van der Waals surface area contributed by atoms with Gasteiger partial charge in [0.25, 0.3) is 0 Å². The Balaban J connectivity index is 1.64. The number of fused-ring (bicyclic) bond motifs is 1. The summed E-state index contributed by atoms with van der Waals surface area (Å²) in [5, 5.41) is 0.781. The third kappa shape index (κ3) is 4.80. The van der Waals surface area contributed by atoms with Crippen LogP contribution in [0.5, 0.6) is 17.2 Å². The molecule has 0 unspecified atom stereocenters. The Bertz CT molecular complexity index is 1230. The first-order valence-electron chi connectivity index (χ1n) is 10.9. The van der Waals surface area contributed by atoms with Gasteiger partial charge in [-0.15, -0.1) is 0 Å². The number of hydrogen-bond donors (Lipinski definition) is 0. The van der Waals surface area contributed by atoms with E-state index >= 15 is 0 Å². The molecule has 3 aromatic carbocycles. The summed E-state index contributed by atoms with van der Waals surface area (Å²) in [4.78, 5) is 12.8. The van der Waals surface area contributed by atoms with Crippen LogP contribution in [0.3, 0.4) is 0 Å². The van der Waals surface area contributed by atoms with Crippen LogP contribution in [0.1, 0.15) is 23.0 Å². The maximum Gasteiger partial charge on any atom is 0.340 e. The van der Waals surface area contributed by atoms with Crippen LogP contribution in [0.2, 0.25) is 0 Å². The highest BCUT2D eigenvalue weighted by atomic mass is 16.5. The summed E-state index contributed by atoms with van der Waals surface area (Å²) in [5.74, 6) is 1.88. The van der Waals surface area contributed by atoms with Crippen LogP contribution >= 0.6 is 0 Å². The van der Waals surface area contributed by atoms with E-state index in [0.717, 1.165) is 33.8 Å². The van der Waals surface area contributed by atoms with Gasteiger partial charge in [-0.3, -0.25) is 0 Å². The lowest BCUT2D eigenvalue weighted by molar-refractivity contribution is 0.0527. The molecule has 0 radical (unpaired) electrons. The van der Waals surface area contributed by atoms with Gasteiger partial charge in [0.1, 0.15) is 30.5 Å². The number of methoxy groups -OCH3 is 1. The molecule has 0 fully saturated rings. The van der Waals surface area contributed by atoms with Crippen molar-refractivity contribution in [3.8, 4) is 22.9 Å². The smallest absolute Gasteiger partial charge is 0.340 e. The Kier molecular flexibility index (Phi) is 6.83. The number of nitrogens with zero attached hydrogens (tertiary/aromatic N) is 1. The predicted octanol–water partition coefficient (Wildman–Crippen LogP) is 5.58. The summed E-state index contributed by atoms with van der Waals surface area (Å²) in [6.07, 6.45) is 0. The molecule has 6 heteroatoms. The summed E-state index contributed by atoms with van der Waals surface area (Å²) < 4.78 is 24.3. The Morgan fingerprint density at radius 2 is 1.52 bits per heavy atom. The van der Waals surface area contributed by atoms with Crippen molar-refractivity contribution in [1.29, 1.82) is 0 Å². The minimum Gasteiger partial charge on any atom is -0.497 e. The number of rotatable bonds is 9. The third-order valence-electron chi connectivity index (χ3n) is 5.35. The van der Waals surface area contributed by atoms with E-state index in [1.165, 1.54) is 0 Å². The van der Waals surface area contributed by atoms with Crippen LogP contribution in [-0.2, 0) is 4.74 Å². The largest absolute Gasteiger partial charge is 0.497 e. The van der Waals surface area contributed by atoms with E-state index in [1.807, 2.05) is 84.3 Å². The molecule has 0 aliphatic heterocycles. The van der Waals surface area contributed by atoms with Crippen molar-refractivity contribution < 1.29 is 23.7 Å². The van der Waals surface area contributed by atoms with Crippen molar-refractivity contribution in [1.82, 2.24) is 4.57 Å². The molecule has 4 rings (SSSR count). The van der Waals surface area contributed by atoms with Gasteiger partial charge in [0.2, 0.25) is 0 Å². The lowest BCUT2D eigenvalue weighted by Gasteiger charge is -2.10. The highest BCUT2D eigenvalue weighted by molar-refractivity contribution is 6.07. The monoisotopic (exact) mass is 445 g/mol. The van der Waals surface area contributed by atoms with Crippen LogP contribution in [0, 0.1) is 6.92 Å². The van der Waals surface area contributed by atoms with Gasteiger partial charge in [0.05, 0.1) is 24.8 Å². The molecule has 0 aliphatic carbocycles. The van der Waals surface area contributed by atoms with Gasteiger partial charge in [-0.1, -0.05) is 18.2 Å². The van der Waals surface area contributed by atoms with Gasteiger partial charge in [0.15, 0.2) is 0 Å². The SMILES string of the molecule is CCOC(=O)c1c(C)n(-c2ccc(OC)cc2)c2ccc(OCCOc3ccccc3)cc12. The first-order chi connectivity index (χ1) is 16.1. The Labute approximate surface area is 193 Å². The fourth-order valence-electron chi connectivity index (χ4n) is 3.85. The second kappa shape index (κ2) is 10.1. The Morgan fingerprint density at radius 1 is 0.848 bits per heavy atom. The van der Waals surface area contributed by atoms with Crippen molar-refractivity contribution >= 4 is 16.9 Å². The minimum absolute atomic E-state index is 0.306. The highest BCUT2D eigenvalue weighted by Crippen LogP contribution is 2.33. The van der Waals surface area contributed by atoms with Gasteiger partial charge >= 0.3 is 5.97 Å². The zero-order chi connectivity index (χ0) is 23.2. The molecule has 0 saturated heterocycles. The number of carbonyl (C=O) groups is 1. The van der Waals surface area contributed by atoms with Gasteiger partial charge in [-0.2, -0.15) is 0 Å². The number of esters is 1. The molecule has 0 N–H and O–H groups in total. The van der Waals surface area contributed by atoms with Crippen molar-refractivity contribution in [2.24, 2.45) is 0 Å². The summed E-state index contributed by atoms with van der Waals surface area (Å²) in [5.41, 5.74) is 3.17. The maximum atomic E-state index is 12.8. The van der Waals surface area contributed by atoms with Crippen LogP contribution < -0.4 is 14.2 Å². The summed E-state index contributed by atoms with van der Waals surface area (Å²) >= 11 is 0. The fourth-order valence-corrected chi connectivity index (χ4v) is 3.85. The minimum atomic E-state index is -0.350. The van der Waals surface area contributed by atoms with Crippen molar-refractivity contribution in [3.63, 3.8) is 0 Å². The van der Waals surface area contributed by atoms with Crippen molar-refractivity contribution in [2.45, 2.75) is 13.8 Å². The normalized spacial score (nSPS) is 10.8. The lowest BCUT2D eigenvalue weighted by Crippen LogP contribution is -2.09. The van der Waals surface area contributed by atoms with Crippen LogP contribution in [0.4, 0.5) is 0 Å². The standard InChI is InChI=1S/C27H27NO5/c1-4-31-27(29)26-19(2)28(20-10-12-21(30-3)13-11-20)25-15-14-23(18-24(25)26)33-17-16-32-22-8-6-5-7-9-22/h5-15,18H,4,16-17H2,1-3H3. The number of carbonyl (C=O) groups excluding carboxylic acids is 1. The summed E-state index contributed by atoms with van der Waals surface area (Å²) in [6.45, 7) is 4.83. The lowest BCUT2D eigenvalue weighted by atomic mass is 10.1. The molecule has 0 saturated carbocycles. The summed E-state index contributed by atoms with van der Waals surface area (Å²) in [6, 6.07) is 23.1. The highest BCUT2D eigenvalue weighted by Gasteiger charge is 2.22. The third-order valence-corrected chi connectivity index (χ3v) is 5.35. The van der Waals surface area contributed by atoms with E-state index in [9.17, 15) is 4.79 Å². The van der Waals surface area contributed by atoms with Crippen molar-refractivity contribution in [3.05, 3.63) is 84.1 Å². The van der Waals surface area contributed by atoms with Crippen LogP contribution in [0.25, 0.3) is 16.6 Å². The molecule has 0 amide bonds. The number of aromatic nitrogens is 1. The molecule has 6 nitrogen and oxygen atoms in total. The van der Waals surface area contributed by atoms with E-state index in [4.69, 9.17) is 18.9 Å². The van der Waals surface area contributed by atoms with E-state index in [0.29, 0.717) is 31.1 Å². The fraction of sp³-hybridized carbons (Fsp3) is 0.222. The molecule has 33 heavy (non-hydrogen) atoms. The zero-order valence-corrected chi connectivity index (χ0v) is 19.0. The van der Waals surface area contributed by atoms with Crippen LogP contribution in [0.15, 0.2) is 72.8 Å².